The van der Waals surface area contributed by atoms with Crippen LogP contribution in [-0.2, 0) is 9.53 Å². The van der Waals surface area contributed by atoms with Crippen molar-refractivity contribution in [3.05, 3.63) is 29.8 Å². The van der Waals surface area contributed by atoms with Gasteiger partial charge in [-0.1, -0.05) is 13.0 Å². The molecule has 0 saturated carbocycles. The zero-order valence-corrected chi connectivity index (χ0v) is 10.1. The number of carbonyl (C=O) groups is 2. The molecule has 2 N–H and O–H groups in total. The van der Waals surface area contributed by atoms with Crippen LogP contribution in [-0.4, -0.2) is 28.8 Å². The average molecular weight is 252 g/mol. The number of carbonyl (C=O) groups excluding carboxylic acids is 1. The van der Waals surface area contributed by atoms with Crippen LogP contribution in [0.2, 0.25) is 0 Å². The number of ether oxygens (including phenoxy) is 1. The number of hydrogen-bond acceptors (Lipinski definition) is 4. The number of carboxylic acid groups (broad SMARTS) is 1. The summed E-state index contributed by atoms with van der Waals surface area (Å²) in [6.07, 6.45) is 0.959. The fourth-order valence-electron chi connectivity index (χ4n) is 1.39. The van der Waals surface area contributed by atoms with Crippen molar-refractivity contribution < 1.29 is 24.5 Å². The summed E-state index contributed by atoms with van der Waals surface area (Å²) in [7, 11) is 0. The number of aliphatic carboxylic acids is 1. The van der Waals surface area contributed by atoms with E-state index in [1.165, 1.54) is 12.1 Å². The van der Waals surface area contributed by atoms with E-state index >= 15 is 0 Å². The SMILES string of the molecule is CC(CCCOC(=O)c1cccc(O)c1)C(=O)O. The van der Waals surface area contributed by atoms with Gasteiger partial charge in [0.1, 0.15) is 5.75 Å². The molecule has 1 unspecified atom stereocenters. The van der Waals surface area contributed by atoms with Crippen LogP contribution < -0.4 is 0 Å². The molecule has 0 aliphatic heterocycles. The third-order valence-corrected chi connectivity index (χ3v) is 2.52. The molecule has 1 aromatic rings. The summed E-state index contributed by atoms with van der Waals surface area (Å²) in [5.41, 5.74) is 0.279. The fourth-order valence-corrected chi connectivity index (χ4v) is 1.39. The molecule has 0 saturated heterocycles. The number of phenolic OH excluding ortho intramolecular Hbond substituents is 1. The van der Waals surface area contributed by atoms with Crippen LogP contribution in [0.25, 0.3) is 0 Å². The highest BCUT2D eigenvalue weighted by atomic mass is 16.5. The Balaban J connectivity index is 2.32. The molecule has 0 fully saturated rings. The fraction of sp³-hybridized carbons (Fsp3) is 0.385. The van der Waals surface area contributed by atoms with Gasteiger partial charge in [0.15, 0.2) is 0 Å². The normalized spacial score (nSPS) is 11.8. The van der Waals surface area contributed by atoms with Gasteiger partial charge < -0.3 is 14.9 Å². The molecular formula is C13H16O5. The molecule has 0 amide bonds. The lowest BCUT2D eigenvalue weighted by molar-refractivity contribution is -0.141. The number of rotatable bonds is 6. The molecule has 5 heteroatoms. The number of hydrogen-bond donors (Lipinski definition) is 2. The first-order chi connectivity index (χ1) is 8.50. The van der Waals surface area contributed by atoms with Crippen molar-refractivity contribution in [2.45, 2.75) is 19.8 Å². The quantitative estimate of drug-likeness (QED) is 0.598. The van der Waals surface area contributed by atoms with E-state index < -0.39 is 17.9 Å². The first-order valence-electron chi connectivity index (χ1n) is 5.69. The maximum Gasteiger partial charge on any atom is 0.338 e. The van der Waals surface area contributed by atoms with E-state index in [1.54, 1.807) is 19.1 Å². The van der Waals surface area contributed by atoms with E-state index in [0.717, 1.165) is 0 Å². The Morgan fingerprint density at radius 2 is 2.11 bits per heavy atom. The maximum absolute atomic E-state index is 11.5. The molecular weight excluding hydrogens is 236 g/mol. The van der Waals surface area contributed by atoms with Crippen molar-refractivity contribution in [3.63, 3.8) is 0 Å². The molecule has 1 aromatic carbocycles. The summed E-state index contributed by atoms with van der Waals surface area (Å²) in [4.78, 5) is 22.1. The summed E-state index contributed by atoms with van der Waals surface area (Å²) < 4.78 is 4.97. The summed E-state index contributed by atoms with van der Waals surface area (Å²) in [5.74, 6) is -1.81. The monoisotopic (exact) mass is 252 g/mol. The molecule has 5 nitrogen and oxygen atoms in total. The predicted octanol–water partition coefficient (Wildman–Crippen LogP) is 2.05. The van der Waals surface area contributed by atoms with Crippen molar-refractivity contribution in [3.8, 4) is 5.75 Å². The largest absolute Gasteiger partial charge is 0.508 e. The average Bonchev–Trinajstić information content (AvgIpc) is 2.33. The highest BCUT2D eigenvalue weighted by Crippen LogP contribution is 2.12. The van der Waals surface area contributed by atoms with Crippen LogP contribution >= 0.6 is 0 Å². The van der Waals surface area contributed by atoms with Gasteiger partial charge in [-0.2, -0.15) is 0 Å². The summed E-state index contributed by atoms with van der Waals surface area (Å²) >= 11 is 0. The first kappa shape index (κ1) is 14.0. The molecule has 0 aromatic heterocycles. The second-order valence-electron chi connectivity index (χ2n) is 4.07. The van der Waals surface area contributed by atoms with Gasteiger partial charge >= 0.3 is 11.9 Å². The lowest BCUT2D eigenvalue weighted by atomic mass is 10.1. The van der Waals surface area contributed by atoms with E-state index in [4.69, 9.17) is 9.84 Å². The Morgan fingerprint density at radius 3 is 2.72 bits per heavy atom. The standard InChI is InChI=1S/C13H16O5/c1-9(12(15)16)4-3-7-18-13(17)10-5-2-6-11(14)8-10/h2,5-6,8-9,14H,3-4,7H2,1H3,(H,15,16). The van der Waals surface area contributed by atoms with Gasteiger partial charge in [-0.25, -0.2) is 4.79 Å². The summed E-state index contributed by atoms with van der Waals surface area (Å²) in [5, 5.41) is 17.9. The second-order valence-corrected chi connectivity index (χ2v) is 4.07. The zero-order chi connectivity index (χ0) is 13.5. The number of esters is 1. The number of aromatic hydroxyl groups is 1. The van der Waals surface area contributed by atoms with Gasteiger partial charge in [0.25, 0.3) is 0 Å². The Kier molecular flexibility index (Phi) is 5.17. The van der Waals surface area contributed by atoms with Gasteiger partial charge in [0.05, 0.1) is 18.1 Å². The van der Waals surface area contributed by atoms with E-state index in [9.17, 15) is 14.7 Å². The highest BCUT2D eigenvalue weighted by molar-refractivity contribution is 5.89. The third kappa shape index (κ3) is 4.45. The molecule has 0 radical (unpaired) electrons. The first-order valence-corrected chi connectivity index (χ1v) is 5.69. The third-order valence-electron chi connectivity index (χ3n) is 2.52. The highest BCUT2D eigenvalue weighted by Gasteiger charge is 2.11. The number of phenols is 1. The smallest absolute Gasteiger partial charge is 0.338 e. The molecule has 1 rings (SSSR count). The molecule has 0 aliphatic carbocycles. The van der Waals surface area contributed by atoms with E-state index in [0.29, 0.717) is 12.8 Å². The van der Waals surface area contributed by atoms with Crippen LogP contribution in [0.15, 0.2) is 24.3 Å². The van der Waals surface area contributed by atoms with Gasteiger partial charge in [0, 0.05) is 0 Å². The van der Waals surface area contributed by atoms with Crippen LogP contribution in [0.4, 0.5) is 0 Å². The minimum Gasteiger partial charge on any atom is -0.508 e. The van der Waals surface area contributed by atoms with Gasteiger partial charge in [-0.05, 0) is 31.0 Å². The molecule has 0 spiro atoms. The molecule has 0 heterocycles. The van der Waals surface area contributed by atoms with Crippen LogP contribution in [0.1, 0.15) is 30.1 Å². The Morgan fingerprint density at radius 1 is 1.39 bits per heavy atom. The summed E-state index contributed by atoms with van der Waals surface area (Å²) in [6, 6.07) is 5.88. The minimum atomic E-state index is -0.852. The van der Waals surface area contributed by atoms with Crippen LogP contribution in [0, 0.1) is 5.92 Å². The van der Waals surface area contributed by atoms with Crippen LogP contribution in [0.5, 0.6) is 5.75 Å². The second kappa shape index (κ2) is 6.64. The van der Waals surface area contributed by atoms with Crippen molar-refractivity contribution in [2.75, 3.05) is 6.61 Å². The van der Waals surface area contributed by atoms with E-state index in [-0.39, 0.29) is 17.9 Å². The lowest BCUT2D eigenvalue weighted by Gasteiger charge is -2.07. The Bertz CT molecular complexity index is 427. The molecule has 18 heavy (non-hydrogen) atoms. The Labute approximate surface area is 105 Å². The summed E-state index contributed by atoms with van der Waals surface area (Å²) in [6.45, 7) is 1.78. The molecule has 0 aliphatic rings. The topological polar surface area (TPSA) is 83.8 Å². The van der Waals surface area contributed by atoms with E-state index in [1.807, 2.05) is 0 Å². The minimum absolute atomic E-state index is 0.00366. The maximum atomic E-state index is 11.5. The van der Waals surface area contributed by atoms with Crippen molar-refractivity contribution in [1.82, 2.24) is 0 Å². The van der Waals surface area contributed by atoms with Crippen molar-refractivity contribution >= 4 is 11.9 Å². The molecule has 0 bridgehead atoms. The Hall–Kier alpha value is -2.04. The van der Waals surface area contributed by atoms with Crippen LogP contribution in [0.3, 0.4) is 0 Å². The van der Waals surface area contributed by atoms with Crippen molar-refractivity contribution in [1.29, 1.82) is 0 Å². The predicted molar refractivity (Wildman–Crippen MR) is 64.4 cm³/mol. The zero-order valence-electron chi connectivity index (χ0n) is 10.1. The van der Waals surface area contributed by atoms with Gasteiger partial charge in [-0.15, -0.1) is 0 Å². The number of carboxylic acids is 1. The van der Waals surface area contributed by atoms with Crippen molar-refractivity contribution in [2.24, 2.45) is 5.92 Å². The molecule has 1 atom stereocenters. The number of benzene rings is 1. The molecule has 98 valence electrons. The lowest BCUT2D eigenvalue weighted by Crippen LogP contribution is -2.12. The van der Waals surface area contributed by atoms with E-state index in [2.05, 4.69) is 0 Å². The van der Waals surface area contributed by atoms with Gasteiger partial charge in [-0.3, -0.25) is 4.79 Å². The van der Waals surface area contributed by atoms with Gasteiger partial charge in [0.2, 0.25) is 0 Å².